The first kappa shape index (κ1) is 18.5. The van der Waals surface area contributed by atoms with E-state index in [4.69, 9.17) is 5.26 Å². The third-order valence-electron chi connectivity index (χ3n) is 4.78. The van der Waals surface area contributed by atoms with Crippen molar-refractivity contribution in [2.24, 2.45) is 5.92 Å². The van der Waals surface area contributed by atoms with Crippen LogP contribution in [0.15, 0.2) is 24.3 Å². The predicted molar refractivity (Wildman–Crippen MR) is 96.2 cm³/mol. The van der Waals surface area contributed by atoms with Crippen molar-refractivity contribution in [1.82, 2.24) is 9.80 Å². The van der Waals surface area contributed by atoms with Gasteiger partial charge in [0.15, 0.2) is 0 Å². The summed E-state index contributed by atoms with van der Waals surface area (Å²) in [5.74, 6) is 0.566. The summed E-state index contributed by atoms with van der Waals surface area (Å²) in [4.78, 5) is 4.85. The molecule has 1 atom stereocenters. The van der Waals surface area contributed by atoms with Crippen LogP contribution in [0.5, 0.6) is 0 Å². The summed E-state index contributed by atoms with van der Waals surface area (Å²) in [7, 11) is 0. The third kappa shape index (κ3) is 5.64. The van der Waals surface area contributed by atoms with E-state index in [1.165, 1.54) is 11.1 Å². The molecule has 4 heteroatoms. The zero-order valence-corrected chi connectivity index (χ0v) is 14.9. The summed E-state index contributed by atoms with van der Waals surface area (Å²) in [6.07, 6.45) is 1.17. The average molecular weight is 324 g/mol. The van der Waals surface area contributed by atoms with Crippen molar-refractivity contribution in [2.75, 3.05) is 32.7 Å². The lowest BCUT2D eigenvalue weighted by Gasteiger charge is -2.35. The highest BCUT2D eigenvalue weighted by molar-refractivity contribution is 5.24. The molecule has 4 nitrogen and oxygen atoms in total. The second-order valence-electron chi connectivity index (χ2n) is 7.00. The van der Waals surface area contributed by atoms with Crippen LogP contribution in [-0.4, -0.2) is 42.5 Å². The van der Waals surface area contributed by atoms with Crippen molar-refractivity contribution in [3.8, 4) is 12.1 Å². The molecule has 128 valence electrons. The van der Waals surface area contributed by atoms with Gasteiger partial charge in [0.05, 0.1) is 18.1 Å². The predicted octanol–water partition coefficient (Wildman–Crippen LogP) is 3.37. The molecule has 0 bridgehead atoms. The molecule has 24 heavy (non-hydrogen) atoms. The molecule has 0 amide bonds. The Morgan fingerprint density at radius 1 is 1.00 bits per heavy atom. The van der Waals surface area contributed by atoms with Crippen LogP contribution in [-0.2, 0) is 6.54 Å². The van der Waals surface area contributed by atoms with Crippen molar-refractivity contribution in [1.29, 1.82) is 10.5 Å². The quantitative estimate of drug-likeness (QED) is 0.771. The van der Waals surface area contributed by atoms with Crippen molar-refractivity contribution >= 4 is 0 Å². The number of nitriles is 2. The SMILES string of the molecule is CC(C)c1ccc(CN2CCN(CC(C#N)CCC#N)CC2)cc1. The molecule has 0 radical (unpaired) electrons. The Balaban J connectivity index is 1.76. The fourth-order valence-electron chi connectivity index (χ4n) is 3.14. The Hall–Kier alpha value is -1.88. The Labute approximate surface area is 146 Å². The summed E-state index contributed by atoms with van der Waals surface area (Å²) < 4.78 is 0. The second kappa shape index (κ2) is 9.42. The van der Waals surface area contributed by atoms with E-state index in [1.807, 2.05) is 0 Å². The first-order valence-corrected chi connectivity index (χ1v) is 8.92. The van der Waals surface area contributed by atoms with E-state index in [2.05, 4.69) is 60.1 Å². The molecule has 0 spiro atoms. The van der Waals surface area contributed by atoms with Gasteiger partial charge in [0.25, 0.3) is 0 Å². The van der Waals surface area contributed by atoms with Crippen LogP contribution in [0, 0.1) is 28.6 Å². The smallest absolute Gasteiger partial charge is 0.0669 e. The molecular formula is C20H28N4. The lowest BCUT2D eigenvalue weighted by atomic mass is 10.0. The minimum atomic E-state index is -0.0141. The number of hydrogen-bond donors (Lipinski definition) is 0. The molecule has 1 aromatic rings. The molecule has 1 unspecified atom stereocenters. The molecule has 0 aliphatic carbocycles. The van der Waals surface area contributed by atoms with Crippen molar-refractivity contribution in [3.63, 3.8) is 0 Å². The second-order valence-corrected chi connectivity index (χ2v) is 7.00. The Morgan fingerprint density at radius 2 is 1.62 bits per heavy atom. The number of benzene rings is 1. The Morgan fingerprint density at radius 3 is 2.17 bits per heavy atom. The fraction of sp³-hybridized carbons (Fsp3) is 0.600. The lowest BCUT2D eigenvalue weighted by Crippen LogP contribution is -2.47. The highest BCUT2D eigenvalue weighted by Gasteiger charge is 2.20. The van der Waals surface area contributed by atoms with Crippen LogP contribution in [0.3, 0.4) is 0 Å². The van der Waals surface area contributed by atoms with Crippen LogP contribution < -0.4 is 0 Å². The van der Waals surface area contributed by atoms with Crippen molar-refractivity contribution in [3.05, 3.63) is 35.4 Å². The van der Waals surface area contributed by atoms with Gasteiger partial charge in [-0.1, -0.05) is 38.1 Å². The molecule has 2 rings (SSSR count). The van der Waals surface area contributed by atoms with Gasteiger partial charge in [-0.05, 0) is 23.5 Å². The lowest BCUT2D eigenvalue weighted by molar-refractivity contribution is 0.118. The molecule has 1 saturated heterocycles. The van der Waals surface area contributed by atoms with Gasteiger partial charge in [-0.2, -0.15) is 10.5 Å². The molecule has 1 aromatic carbocycles. The first-order chi connectivity index (χ1) is 11.6. The minimum Gasteiger partial charge on any atom is -0.299 e. The van der Waals surface area contributed by atoms with Gasteiger partial charge in [-0.3, -0.25) is 9.80 Å². The molecule has 1 fully saturated rings. The molecule has 0 aromatic heterocycles. The monoisotopic (exact) mass is 324 g/mol. The first-order valence-electron chi connectivity index (χ1n) is 8.92. The Bertz CT molecular complexity index is 571. The van der Waals surface area contributed by atoms with Gasteiger partial charge < -0.3 is 0 Å². The van der Waals surface area contributed by atoms with E-state index in [1.54, 1.807) is 0 Å². The van der Waals surface area contributed by atoms with Gasteiger partial charge in [-0.15, -0.1) is 0 Å². The van der Waals surface area contributed by atoms with Gasteiger partial charge in [0, 0.05) is 45.7 Å². The standard InChI is InChI=1S/C20H28N4/c1-17(2)20-7-5-18(6-8-20)15-23-10-12-24(13-11-23)16-19(14-22)4-3-9-21/h5-8,17,19H,3-4,10-13,15-16H2,1-2H3. The van der Waals surface area contributed by atoms with Crippen LogP contribution in [0.25, 0.3) is 0 Å². The van der Waals surface area contributed by atoms with Gasteiger partial charge >= 0.3 is 0 Å². The maximum Gasteiger partial charge on any atom is 0.0669 e. The largest absolute Gasteiger partial charge is 0.299 e. The van der Waals surface area contributed by atoms with E-state index in [9.17, 15) is 5.26 Å². The normalized spacial score (nSPS) is 17.4. The minimum absolute atomic E-state index is 0.0141. The van der Waals surface area contributed by atoms with E-state index >= 15 is 0 Å². The number of rotatable bonds is 7. The summed E-state index contributed by atoms with van der Waals surface area (Å²) in [6.45, 7) is 10.4. The maximum atomic E-state index is 9.19. The molecule has 0 saturated carbocycles. The maximum absolute atomic E-state index is 9.19. The van der Waals surface area contributed by atoms with E-state index in [-0.39, 0.29) is 5.92 Å². The summed E-state index contributed by atoms with van der Waals surface area (Å²) in [5.41, 5.74) is 2.76. The Kier molecular flexibility index (Phi) is 7.25. The van der Waals surface area contributed by atoms with Crippen LogP contribution in [0.2, 0.25) is 0 Å². The van der Waals surface area contributed by atoms with Crippen LogP contribution in [0.4, 0.5) is 0 Å². The van der Waals surface area contributed by atoms with Gasteiger partial charge in [0.2, 0.25) is 0 Å². The molecular weight excluding hydrogens is 296 g/mol. The van der Waals surface area contributed by atoms with E-state index in [0.29, 0.717) is 18.8 Å². The van der Waals surface area contributed by atoms with Gasteiger partial charge in [0.1, 0.15) is 0 Å². The summed E-state index contributed by atoms with van der Waals surface area (Å²) in [5, 5.41) is 17.9. The third-order valence-corrected chi connectivity index (χ3v) is 4.78. The van der Waals surface area contributed by atoms with Gasteiger partial charge in [-0.25, -0.2) is 0 Å². The molecule has 1 aliphatic heterocycles. The highest BCUT2D eigenvalue weighted by atomic mass is 15.3. The summed E-state index contributed by atoms with van der Waals surface area (Å²) in [6, 6.07) is 13.4. The van der Waals surface area contributed by atoms with E-state index in [0.717, 1.165) is 39.3 Å². The molecule has 1 heterocycles. The average Bonchev–Trinajstić information content (AvgIpc) is 2.60. The number of hydrogen-bond acceptors (Lipinski definition) is 4. The van der Waals surface area contributed by atoms with Crippen LogP contribution in [0.1, 0.15) is 43.7 Å². The topological polar surface area (TPSA) is 54.1 Å². The highest BCUT2D eigenvalue weighted by Crippen LogP contribution is 2.17. The zero-order valence-electron chi connectivity index (χ0n) is 14.9. The van der Waals surface area contributed by atoms with E-state index < -0.39 is 0 Å². The van der Waals surface area contributed by atoms with Crippen molar-refractivity contribution < 1.29 is 0 Å². The van der Waals surface area contributed by atoms with Crippen molar-refractivity contribution in [2.45, 2.75) is 39.2 Å². The number of nitrogens with zero attached hydrogens (tertiary/aromatic N) is 4. The number of piperazine rings is 1. The molecule has 1 aliphatic rings. The fourth-order valence-corrected chi connectivity index (χ4v) is 3.14. The summed E-state index contributed by atoms with van der Waals surface area (Å²) >= 11 is 0. The molecule has 0 N–H and O–H groups in total. The zero-order chi connectivity index (χ0) is 17.4. The van der Waals surface area contributed by atoms with Crippen LogP contribution >= 0.6 is 0 Å².